The zero-order valence-corrected chi connectivity index (χ0v) is 11.4. The molecular formula is C12H15BrClNO. The molecule has 0 aliphatic rings. The second-order valence-corrected chi connectivity index (χ2v) is 4.75. The maximum atomic E-state index is 11.4. The highest BCUT2D eigenvalue weighted by Crippen LogP contribution is 2.15. The summed E-state index contributed by atoms with van der Waals surface area (Å²) in [5, 5.41) is 2.89. The molecule has 0 aliphatic carbocycles. The van der Waals surface area contributed by atoms with Gasteiger partial charge in [-0.2, -0.15) is 0 Å². The van der Waals surface area contributed by atoms with E-state index in [1.807, 2.05) is 24.3 Å². The Morgan fingerprint density at radius 2 is 2.06 bits per heavy atom. The van der Waals surface area contributed by atoms with Crippen LogP contribution in [0.1, 0.15) is 24.8 Å². The van der Waals surface area contributed by atoms with Gasteiger partial charge in [0.1, 0.15) is 0 Å². The molecule has 16 heavy (non-hydrogen) atoms. The summed E-state index contributed by atoms with van der Waals surface area (Å²) in [7, 11) is 0. The number of unbranched alkanes of at least 4 members (excludes halogenated alkanes) is 1. The van der Waals surface area contributed by atoms with Gasteiger partial charge in [0.2, 0.25) is 5.91 Å². The number of halogens is 2. The van der Waals surface area contributed by atoms with Crippen LogP contribution in [-0.2, 0) is 11.3 Å². The van der Waals surface area contributed by atoms with Crippen LogP contribution in [0.4, 0.5) is 0 Å². The van der Waals surface area contributed by atoms with Crippen LogP contribution in [0.25, 0.3) is 0 Å². The first-order valence-electron chi connectivity index (χ1n) is 5.30. The van der Waals surface area contributed by atoms with Crippen LogP contribution in [0.3, 0.4) is 0 Å². The molecule has 0 spiro atoms. The first-order chi connectivity index (χ1) is 7.74. The Kier molecular flexibility index (Phi) is 6.50. The van der Waals surface area contributed by atoms with Gasteiger partial charge < -0.3 is 5.32 Å². The Balaban J connectivity index is 2.29. The number of carbonyl (C=O) groups is 1. The fourth-order valence-electron chi connectivity index (χ4n) is 1.30. The van der Waals surface area contributed by atoms with E-state index in [4.69, 9.17) is 11.6 Å². The molecule has 0 aliphatic heterocycles. The van der Waals surface area contributed by atoms with Crippen molar-refractivity contribution in [3.8, 4) is 0 Å². The number of rotatable bonds is 6. The molecule has 1 aromatic carbocycles. The van der Waals surface area contributed by atoms with Crippen LogP contribution in [0.5, 0.6) is 0 Å². The molecule has 2 nitrogen and oxygen atoms in total. The summed E-state index contributed by atoms with van der Waals surface area (Å²) in [6.07, 6.45) is 2.30. The fraction of sp³-hybridized carbons (Fsp3) is 0.417. The third-order valence-electron chi connectivity index (χ3n) is 2.22. The highest BCUT2D eigenvalue weighted by atomic mass is 79.9. The van der Waals surface area contributed by atoms with Gasteiger partial charge in [-0.3, -0.25) is 4.79 Å². The average molecular weight is 305 g/mol. The summed E-state index contributed by atoms with van der Waals surface area (Å²) >= 11 is 8.98. The highest BCUT2D eigenvalue weighted by Gasteiger charge is 2.02. The Bertz CT molecular complexity index is 344. The lowest BCUT2D eigenvalue weighted by Gasteiger charge is -2.06. The molecule has 0 saturated carbocycles. The standard InChI is InChI=1S/C12H15BrClNO/c13-11-6-2-1-5-10(11)9-15-12(16)7-3-4-8-14/h1-2,5-6H,3-4,7-9H2,(H,15,16). The fourth-order valence-corrected chi connectivity index (χ4v) is 1.92. The molecule has 4 heteroatoms. The molecule has 0 aromatic heterocycles. The van der Waals surface area contributed by atoms with Gasteiger partial charge in [0.15, 0.2) is 0 Å². The first-order valence-corrected chi connectivity index (χ1v) is 6.63. The smallest absolute Gasteiger partial charge is 0.220 e. The second kappa shape index (κ2) is 7.69. The zero-order chi connectivity index (χ0) is 11.8. The third-order valence-corrected chi connectivity index (χ3v) is 3.26. The van der Waals surface area contributed by atoms with Crippen LogP contribution in [0.2, 0.25) is 0 Å². The number of hydrogen-bond donors (Lipinski definition) is 1. The van der Waals surface area contributed by atoms with Crippen LogP contribution in [-0.4, -0.2) is 11.8 Å². The number of amides is 1. The van der Waals surface area contributed by atoms with Crippen molar-refractivity contribution in [1.29, 1.82) is 0 Å². The van der Waals surface area contributed by atoms with Gasteiger partial charge in [0.05, 0.1) is 0 Å². The van der Waals surface area contributed by atoms with Crippen molar-refractivity contribution in [2.45, 2.75) is 25.8 Å². The minimum absolute atomic E-state index is 0.0841. The Morgan fingerprint density at radius 3 is 2.75 bits per heavy atom. The average Bonchev–Trinajstić information content (AvgIpc) is 2.28. The summed E-state index contributed by atoms with van der Waals surface area (Å²) in [5.74, 6) is 0.707. The lowest BCUT2D eigenvalue weighted by molar-refractivity contribution is -0.121. The molecule has 88 valence electrons. The Morgan fingerprint density at radius 1 is 1.31 bits per heavy atom. The monoisotopic (exact) mass is 303 g/mol. The molecule has 1 aromatic rings. The van der Waals surface area contributed by atoms with Gasteiger partial charge in [-0.15, -0.1) is 11.6 Å². The second-order valence-electron chi connectivity index (χ2n) is 3.51. The zero-order valence-electron chi connectivity index (χ0n) is 9.01. The van der Waals surface area contributed by atoms with Gasteiger partial charge in [0, 0.05) is 23.3 Å². The predicted molar refractivity (Wildman–Crippen MR) is 70.6 cm³/mol. The number of carbonyl (C=O) groups excluding carboxylic acids is 1. The van der Waals surface area contributed by atoms with Crippen molar-refractivity contribution in [2.75, 3.05) is 5.88 Å². The molecule has 0 unspecified atom stereocenters. The molecule has 0 bridgehead atoms. The SMILES string of the molecule is O=C(CCCCCl)NCc1ccccc1Br. The molecule has 0 atom stereocenters. The van der Waals surface area contributed by atoms with Gasteiger partial charge in [-0.25, -0.2) is 0 Å². The van der Waals surface area contributed by atoms with E-state index < -0.39 is 0 Å². The van der Waals surface area contributed by atoms with Gasteiger partial charge in [-0.1, -0.05) is 34.1 Å². The van der Waals surface area contributed by atoms with Crippen LogP contribution in [0.15, 0.2) is 28.7 Å². The van der Waals surface area contributed by atoms with Crippen LogP contribution < -0.4 is 5.32 Å². The first kappa shape index (κ1) is 13.5. The molecule has 0 saturated heterocycles. The van der Waals surface area contributed by atoms with Gasteiger partial charge in [0.25, 0.3) is 0 Å². The van der Waals surface area contributed by atoms with E-state index in [0.717, 1.165) is 22.9 Å². The maximum Gasteiger partial charge on any atom is 0.220 e. The van der Waals surface area contributed by atoms with Crippen molar-refractivity contribution in [3.63, 3.8) is 0 Å². The summed E-state index contributed by atoms with van der Waals surface area (Å²) < 4.78 is 1.02. The van der Waals surface area contributed by atoms with E-state index in [9.17, 15) is 4.79 Å². The third kappa shape index (κ3) is 4.99. The lowest BCUT2D eigenvalue weighted by Crippen LogP contribution is -2.22. The van der Waals surface area contributed by atoms with Gasteiger partial charge in [-0.05, 0) is 24.5 Å². The van der Waals surface area contributed by atoms with Crippen LogP contribution >= 0.6 is 27.5 Å². The minimum Gasteiger partial charge on any atom is -0.352 e. The van der Waals surface area contributed by atoms with Crippen molar-refractivity contribution in [1.82, 2.24) is 5.32 Å². The Labute approximate surface area is 110 Å². The van der Waals surface area contributed by atoms with E-state index in [1.165, 1.54) is 0 Å². The number of hydrogen-bond acceptors (Lipinski definition) is 1. The number of alkyl halides is 1. The summed E-state index contributed by atoms with van der Waals surface area (Å²) in [4.78, 5) is 11.4. The number of benzene rings is 1. The van der Waals surface area contributed by atoms with E-state index in [1.54, 1.807) is 0 Å². The molecule has 1 N–H and O–H groups in total. The largest absolute Gasteiger partial charge is 0.352 e. The summed E-state index contributed by atoms with van der Waals surface area (Å²) in [5.41, 5.74) is 1.09. The molecule has 1 rings (SSSR count). The van der Waals surface area contributed by atoms with E-state index in [-0.39, 0.29) is 5.91 Å². The Hall–Kier alpha value is -0.540. The normalized spacial score (nSPS) is 10.1. The van der Waals surface area contributed by atoms with Gasteiger partial charge >= 0.3 is 0 Å². The minimum atomic E-state index is 0.0841. The van der Waals surface area contributed by atoms with Crippen molar-refractivity contribution in [2.24, 2.45) is 0 Å². The lowest BCUT2D eigenvalue weighted by atomic mass is 10.2. The highest BCUT2D eigenvalue weighted by molar-refractivity contribution is 9.10. The molecule has 1 amide bonds. The molecule has 0 fully saturated rings. The maximum absolute atomic E-state index is 11.4. The molecular weight excluding hydrogens is 289 g/mol. The van der Waals surface area contributed by atoms with Crippen molar-refractivity contribution >= 4 is 33.4 Å². The van der Waals surface area contributed by atoms with Crippen LogP contribution in [0, 0.1) is 0 Å². The van der Waals surface area contributed by atoms with Crippen molar-refractivity contribution < 1.29 is 4.79 Å². The summed E-state index contributed by atoms with van der Waals surface area (Å²) in [6.45, 7) is 0.571. The quantitative estimate of drug-likeness (QED) is 0.633. The van der Waals surface area contributed by atoms with Crippen molar-refractivity contribution in [3.05, 3.63) is 34.3 Å². The predicted octanol–water partition coefficient (Wildman–Crippen LogP) is 3.47. The summed E-state index contributed by atoms with van der Waals surface area (Å²) in [6, 6.07) is 7.87. The molecule has 0 radical (unpaired) electrons. The number of nitrogens with one attached hydrogen (secondary N) is 1. The van der Waals surface area contributed by atoms with E-state index in [2.05, 4.69) is 21.2 Å². The molecule has 0 heterocycles. The van der Waals surface area contributed by atoms with E-state index in [0.29, 0.717) is 18.8 Å². The topological polar surface area (TPSA) is 29.1 Å². The van der Waals surface area contributed by atoms with E-state index >= 15 is 0 Å².